The second-order valence-corrected chi connectivity index (χ2v) is 12.7. The molecular formula is C34H35O3P. The summed E-state index contributed by atoms with van der Waals surface area (Å²) in [6, 6.07) is 35.0. The average molecular weight is 523 g/mol. The molecule has 1 atom stereocenters. The maximum absolute atomic E-state index is 6.62. The summed E-state index contributed by atoms with van der Waals surface area (Å²) in [5.74, 6) is 2.18. The highest BCUT2D eigenvalue weighted by atomic mass is 31.2. The molecule has 1 unspecified atom stereocenters. The van der Waals surface area contributed by atoms with Crippen LogP contribution in [0.4, 0.5) is 0 Å². The maximum Gasteiger partial charge on any atom is 0.530 e. The number of hydrogen-bond donors (Lipinski definition) is 0. The van der Waals surface area contributed by atoms with Crippen molar-refractivity contribution in [3.63, 3.8) is 0 Å². The van der Waals surface area contributed by atoms with Crippen molar-refractivity contribution < 1.29 is 13.6 Å². The first kappa shape index (κ1) is 26.1. The summed E-state index contributed by atoms with van der Waals surface area (Å²) in [4.78, 5) is 0. The van der Waals surface area contributed by atoms with Crippen LogP contribution in [0.3, 0.4) is 0 Å². The van der Waals surface area contributed by atoms with Gasteiger partial charge in [0.1, 0.15) is 17.2 Å². The lowest BCUT2D eigenvalue weighted by Gasteiger charge is -2.26. The molecule has 0 aliphatic rings. The van der Waals surface area contributed by atoms with E-state index in [-0.39, 0.29) is 10.8 Å². The van der Waals surface area contributed by atoms with E-state index in [9.17, 15) is 0 Å². The molecule has 5 rings (SSSR count). The Hall–Kier alpha value is -3.55. The van der Waals surface area contributed by atoms with Gasteiger partial charge < -0.3 is 13.6 Å². The molecule has 0 fully saturated rings. The first-order valence-corrected chi connectivity index (χ1v) is 14.1. The van der Waals surface area contributed by atoms with E-state index in [1.807, 2.05) is 54.6 Å². The summed E-state index contributed by atoms with van der Waals surface area (Å²) in [5, 5.41) is 4.60. The molecule has 0 saturated carbocycles. The Bertz CT molecular complexity index is 1560. The topological polar surface area (TPSA) is 27.7 Å². The molecule has 194 valence electrons. The molecule has 0 aliphatic heterocycles. The van der Waals surface area contributed by atoms with Gasteiger partial charge in [-0.15, -0.1) is 0 Å². The third-order valence-corrected chi connectivity index (χ3v) is 7.68. The second kappa shape index (κ2) is 10.3. The van der Waals surface area contributed by atoms with Crippen molar-refractivity contribution in [2.24, 2.45) is 0 Å². The SMILES string of the molecule is CC(C)(C)c1ccc2cc(OP(Oc3ccccc3)Oc3ccc4ccccc4c3)c(C(C)(C)C)cc2c1. The van der Waals surface area contributed by atoms with Crippen LogP contribution in [-0.2, 0) is 10.8 Å². The van der Waals surface area contributed by atoms with Gasteiger partial charge in [-0.05, 0) is 74.3 Å². The van der Waals surface area contributed by atoms with E-state index < -0.39 is 8.60 Å². The lowest BCUT2D eigenvalue weighted by Crippen LogP contribution is -2.14. The largest absolute Gasteiger partial charge is 0.530 e. The molecule has 4 heteroatoms. The van der Waals surface area contributed by atoms with Crippen LogP contribution in [0.5, 0.6) is 17.2 Å². The van der Waals surface area contributed by atoms with E-state index in [1.165, 1.54) is 10.9 Å². The summed E-state index contributed by atoms with van der Waals surface area (Å²) in [6.07, 6.45) is 0. The number of benzene rings is 5. The number of rotatable bonds is 6. The highest BCUT2D eigenvalue weighted by molar-refractivity contribution is 7.43. The standard InChI is InChI=1S/C34H35O3P/c1-33(2,3)28-18-16-26-23-32(31(34(4,5)6)22-27(26)20-28)37-38(35-29-14-8-7-9-15-29)36-30-19-17-24-12-10-11-13-25(24)21-30/h7-23H,1-6H3. The van der Waals surface area contributed by atoms with Crippen LogP contribution in [0.25, 0.3) is 21.5 Å². The maximum atomic E-state index is 6.62. The molecular weight excluding hydrogens is 487 g/mol. The molecule has 5 aromatic rings. The Kier molecular flexibility index (Phi) is 7.07. The van der Waals surface area contributed by atoms with Crippen molar-refractivity contribution in [1.29, 1.82) is 0 Å². The summed E-state index contributed by atoms with van der Waals surface area (Å²) < 4.78 is 19.3. The summed E-state index contributed by atoms with van der Waals surface area (Å²) in [5.41, 5.74) is 2.37. The average Bonchev–Trinajstić information content (AvgIpc) is 2.87. The Morgan fingerprint density at radius 2 is 1.11 bits per heavy atom. The van der Waals surface area contributed by atoms with Crippen molar-refractivity contribution in [3.8, 4) is 17.2 Å². The van der Waals surface area contributed by atoms with Gasteiger partial charge in [0.2, 0.25) is 0 Å². The van der Waals surface area contributed by atoms with Crippen molar-refractivity contribution in [2.45, 2.75) is 52.4 Å². The number of fused-ring (bicyclic) bond motifs is 2. The van der Waals surface area contributed by atoms with Crippen molar-refractivity contribution in [2.75, 3.05) is 0 Å². The Morgan fingerprint density at radius 3 is 1.82 bits per heavy atom. The Morgan fingerprint density at radius 1 is 0.474 bits per heavy atom. The minimum absolute atomic E-state index is 0.0802. The van der Waals surface area contributed by atoms with Crippen molar-refractivity contribution >= 4 is 30.1 Å². The molecule has 0 N–H and O–H groups in total. The third kappa shape index (κ3) is 5.95. The number of hydrogen-bond acceptors (Lipinski definition) is 3. The molecule has 0 heterocycles. The van der Waals surface area contributed by atoms with Crippen LogP contribution in [0, 0.1) is 0 Å². The first-order chi connectivity index (χ1) is 18.1. The van der Waals surface area contributed by atoms with Crippen molar-refractivity contribution in [3.05, 3.63) is 114 Å². The fraction of sp³-hybridized carbons (Fsp3) is 0.235. The zero-order valence-corrected chi connectivity index (χ0v) is 23.9. The predicted octanol–water partition coefficient (Wildman–Crippen LogP) is 10.4. The molecule has 38 heavy (non-hydrogen) atoms. The molecule has 0 amide bonds. The molecule has 0 saturated heterocycles. The molecule has 0 spiro atoms. The van der Waals surface area contributed by atoms with Gasteiger partial charge >= 0.3 is 8.60 Å². The normalized spacial score (nSPS) is 12.9. The van der Waals surface area contributed by atoms with Gasteiger partial charge in [0, 0.05) is 5.56 Å². The minimum Gasteiger partial charge on any atom is -0.409 e. The van der Waals surface area contributed by atoms with E-state index in [0.717, 1.165) is 27.5 Å². The van der Waals surface area contributed by atoms with E-state index in [0.29, 0.717) is 11.5 Å². The third-order valence-electron chi connectivity index (χ3n) is 6.61. The zero-order valence-electron chi connectivity index (χ0n) is 23.0. The fourth-order valence-electron chi connectivity index (χ4n) is 4.42. The lowest BCUT2D eigenvalue weighted by atomic mass is 9.83. The minimum atomic E-state index is -1.79. The highest BCUT2D eigenvalue weighted by Crippen LogP contribution is 2.46. The van der Waals surface area contributed by atoms with E-state index in [4.69, 9.17) is 13.6 Å². The monoisotopic (exact) mass is 522 g/mol. The first-order valence-electron chi connectivity index (χ1n) is 13.0. The predicted molar refractivity (Wildman–Crippen MR) is 161 cm³/mol. The molecule has 5 aromatic carbocycles. The molecule has 0 aromatic heterocycles. The van der Waals surface area contributed by atoms with Crippen molar-refractivity contribution in [1.82, 2.24) is 0 Å². The Labute approximate surface area is 227 Å². The van der Waals surface area contributed by atoms with Gasteiger partial charge in [-0.1, -0.05) is 108 Å². The van der Waals surface area contributed by atoms with Crippen LogP contribution < -0.4 is 13.6 Å². The molecule has 3 nitrogen and oxygen atoms in total. The van der Waals surface area contributed by atoms with E-state index in [1.54, 1.807) is 0 Å². The van der Waals surface area contributed by atoms with Crippen LogP contribution in [0.15, 0.2) is 103 Å². The highest BCUT2D eigenvalue weighted by Gasteiger charge is 2.27. The van der Waals surface area contributed by atoms with Gasteiger partial charge in [-0.2, -0.15) is 0 Å². The van der Waals surface area contributed by atoms with E-state index in [2.05, 4.69) is 90.1 Å². The van der Waals surface area contributed by atoms with Crippen LogP contribution in [-0.4, -0.2) is 0 Å². The van der Waals surface area contributed by atoms with Gasteiger partial charge in [-0.25, -0.2) is 0 Å². The van der Waals surface area contributed by atoms with Gasteiger partial charge in [0.15, 0.2) is 0 Å². The quantitative estimate of drug-likeness (QED) is 0.208. The molecule has 0 bridgehead atoms. The van der Waals surface area contributed by atoms with Crippen LogP contribution in [0.2, 0.25) is 0 Å². The van der Waals surface area contributed by atoms with Gasteiger partial charge in [0.05, 0.1) is 0 Å². The fourth-order valence-corrected chi connectivity index (χ4v) is 5.42. The molecule has 0 radical (unpaired) electrons. The van der Waals surface area contributed by atoms with Gasteiger partial charge in [0.25, 0.3) is 0 Å². The Balaban J connectivity index is 1.54. The van der Waals surface area contributed by atoms with Crippen LogP contribution >= 0.6 is 8.60 Å². The van der Waals surface area contributed by atoms with Crippen LogP contribution in [0.1, 0.15) is 52.7 Å². The summed E-state index contributed by atoms with van der Waals surface area (Å²) in [7, 11) is -1.79. The van der Waals surface area contributed by atoms with Gasteiger partial charge in [-0.3, -0.25) is 0 Å². The smallest absolute Gasteiger partial charge is 0.409 e. The summed E-state index contributed by atoms with van der Waals surface area (Å²) >= 11 is 0. The second-order valence-electron chi connectivity index (χ2n) is 11.7. The molecule has 0 aliphatic carbocycles. The zero-order chi connectivity index (χ0) is 26.9. The van der Waals surface area contributed by atoms with E-state index >= 15 is 0 Å². The number of para-hydroxylation sites is 1. The summed E-state index contributed by atoms with van der Waals surface area (Å²) in [6.45, 7) is 13.4. The lowest BCUT2D eigenvalue weighted by molar-refractivity contribution is 0.383.